The number of aromatic nitrogens is 2. The molecule has 2 amide bonds. The second kappa shape index (κ2) is 12.7. The van der Waals surface area contributed by atoms with Gasteiger partial charge in [0.25, 0.3) is 0 Å². The molecule has 8 nitrogen and oxygen atoms in total. The number of ether oxygens (including phenoxy) is 1. The van der Waals surface area contributed by atoms with E-state index in [1.165, 1.54) is 12.0 Å². The Labute approximate surface area is 239 Å². The first kappa shape index (κ1) is 27.3. The van der Waals surface area contributed by atoms with Crippen molar-refractivity contribution < 1.29 is 14.3 Å². The van der Waals surface area contributed by atoms with Crippen LogP contribution in [0.5, 0.6) is 0 Å². The summed E-state index contributed by atoms with van der Waals surface area (Å²) in [7, 11) is 3.02. The van der Waals surface area contributed by atoms with Crippen LogP contribution in [-0.2, 0) is 22.4 Å². The number of methoxy groups -OCH3 is 1. The van der Waals surface area contributed by atoms with Gasteiger partial charge in [-0.25, -0.2) is 14.6 Å². The molecule has 41 heavy (non-hydrogen) atoms. The van der Waals surface area contributed by atoms with Crippen LogP contribution in [-0.4, -0.2) is 42.2 Å². The molecule has 2 N–H and O–H groups in total. The molecule has 0 saturated heterocycles. The van der Waals surface area contributed by atoms with E-state index in [-0.39, 0.29) is 6.42 Å². The number of nitrogens with zero attached hydrogens (tertiary/aromatic N) is 3. The Hall–Kier alpha value is -5.24. The van der Waals surface area contributed by atoms with Crippen LogP contribution in [0.25, 0.3) is 10.8 Å². The number of carbonyl (C=O) groups is 2. The summed E-state index contributed by atoms with van der Waals surface area (Å²) >= 11 is 0. The van der Waals surface area contributed by atoms with Gasteiger partial charge in [-0.05, 0) is 53.4 Å². The third-order valence-corrected chi connectivity index (χ3v) is 6.90. The summed E-state index contributed by atoms with van der Waals surface area (Å²) in [4.78, 5) is 36.1. The summed E-state index contributed by atoms with van der Waals surface area (Å²) in [5.41, 5.74) is 4.64. The SMILES string of the molecule is COC(=O)[C@H](Cc1ccc(Nc2nccc3cnccc23)cc1)NC(=O)N(C)c1ccccc1Cc1ccccc1. The highest BCUT2D eigenvalue weighted by Gasteiger charge is 2.25. The molecule has 2 aromatic heterocycles. The number of esters is 1. The van der Waals surface area contributed by atoms with E-state index in [1.807, 2.05) is 78.9 Å². The molecule has 0 saturated carbocycles. The molecule has 0 aliphatic carbocycles. The number of para-hydroxylation sites is 1. The van der Waals surface area contributed by atoms with Gasteiger partial charge in [-0.3, -0.25) is 9.88 Å². The molecule has 0 spiro atoms. The van der Waals surface area contributed by atoms with E-state index in [9.17, 15) is 9.59 Å². The molecule has 8 heteroatoms. The van der Waals surface area contributed by atoms with Crippen molar-refractivity contribution in [1.82, 2.24) is 15.3 Å². The predicted molar refractivity (Wildman–Crippen MR) is 161 cm³/mol. The first-order chi connectivity index (χ1) is 20.0. The Bertz CT molecular complexity index is 1640. The quantitative estimate of drug-likeness (QED) is 0.224. The lowest BCUT2D eigenvalue weighted by Crippen LogP contribution is -2.48. The summed E-state index contributed by atoms with van der Waals surface area (Å²) in [6, 6.07) is 28.1. The largest absolute Gasteiger partial charge is 0.467 e. The molecule has 2 heterocycles. The van der Waals surface area contributed by atoms with E-state index in [0.29, 0.717) is 6.42 Å². The first-order valence-corrected chi connectivity index (χ1v) is 13.3. The predicted octanol–water partition coefficient (Wildman–Crippen LogP) is 5.89. The summed E-state index contributed by atoms with van der Waals surface area (Å²) in [6.07, 6.45) is 6.23. The Morgan fingerprint density at radius 2 is 1.63 bits per heavy atom. The lowest BCUT2D eigenvalue weighted by atomic mass is 10.0. The van der Waals surface area contributed by atoms with Crippen molar-refractivity contribution in [2.45, 2.75) is 18.9 Å². The molecule has 0 aliphatic heterocycles. The van der Waals surface area contributed by atoms with E-state index >= 15 is 0 Å². The number of urea groups is 1. The highest BCUT2D eigenvalue weighted by molar-refractivity contribution is 5.95. The van der Waals surface area contributed by atoms with Gasteiger partial charge in [0.1, 0.15) is 11.9 Å². The minimum atomic E-state index is -0.859. The molecule has 0 unspecified atom stereocenters. The number of carbonyl (C=O) groups excluding carboxylic acids is 2. The molecule has 0 aliphatic rings. The van der Waals surface area contributed by atoms with Crippen LogP contribution in [0.3, 0.4) is 0 Å². The standard InChI is InChI=1S/C33H31N5O3/c1-38(30-11-7-6-10-25(30)20-23-8-4-3-5-9-23)33(40)37-29(32(39)41-2)21-24-12-14-27(15-13-24)36-31-28-17-18-34-22-26(28)16-19-35-31/h3-19,22,29H,20-21H2,1-2H3,(H,35,36)(H,37,40)/t29-/m0/s1. The lowest BCUT2D eigenvalue weighted by molar-refractivity contribution is -0.142. The zero-order chi connectivity index (χ0) is 28.6. The molecular formula is C33H31N5O3. The van der Waals surface area contributed by atoms with Crippen LogP contribution in [0.15, 0.2) is 110 Å². The fourth-order valence-electron chi connectivity index (χ4n) is 4.71. The van der Waals surface area contributed by atoms with Crippen molar-refractivity contribution in [2.75, 3.05) is 24.4 Å². The van der Waals surface area contributed by atoms with Crippen molar-refractivity contribution >= 4 is 40.0 Å². The molecular weight excluding hydrogens is 514 g/mol. The number of anilines is 3. The number of fused-ring (bicyclic) bond motifs is 1. The molecule has 3 aromatic carbocycles. The number of rotatable bonds is 9. The fraction of sp³-hybridized carbons (Fsp3) is 0.152. The molecule has 1 atom stereocenters. The number of benzene rings is 3. The first-order valence-electron chi connectivity index (χ1n) is 13.3. The van der Waals surface area contributed by atoms with Crippen molar-refractivity contribution in [3.63, 3.8) is 0 Å². The van der Waals surface area contributed by atoms with Gasteiger partial charge in [0.2, 0.25) is 0 Å². The number of pyridine rings is 2. The van der Waals surface area contributed by atoms with Crippen LogP contribution in [0, 0.1) is 0 Å². The summed E-state index contributed by atoms with van der Waals surface area (Å²) in [6.45, 7) is 0. The van der Waals surface area contributed by atoms with Crippen LogP contribution < -0.4 is 15.5 Å². The van der Waals surface area contributed by atoms with Gasteiger partial charge in [-0.15, -0.1) is 0 Å². The highest BCUT2D eigenvalue weighted by atomic mass is 16.5. The third kappa shape index (κ3) is 6.67. The van der Waals surface area contributed by atoms with E-state index in [2.05, 4.69) is 32.7 Å². The zero-order valence-corrected chi connectivity index (χ0v) is 23.0. The van der Waals surface area contributed by atoms with E-state index in [0.717, 1.165) is 44.7 Å². The van der Waals surface area contributed by atoms with Crippen molar-refractivity contribution in [1.29, 1.82) is 0 Å². The maximum absolute atomic E-state index is 13.3. The lowest BCUT2D eigenvalue weighted by Gasteiger charge is -2.24. The Morgan fingerprint density at radius 1 is 0.878 bits per heavy atom. The minimum Gasteiger partial charge on any atom is -0.467 e. The normalized spacial score (nSPS) is 11.5. The average Bonchev–Trinajstić information content (AvgIpc) is 3.02. The van der Waals surface area contributed by atoms with Crippen molar-refractivity contribution in [2.24, 2.45) is 0 Å². The molecule has 0 fully saturated rings. The maximum atomic E-state index is 13.3. The minimum absolute atomic E-state index is 0.274. The second-order valence-electron chi connectivity index (χ2n) is 9.66. The van der Waals surface area contributed by atoms with E-state index in [1.54, 1.807) is 25.6 Å². The van der Waals surface area contributed by atoms with Gasteiger partial charge >= 0.3 is 12.0 Å². The molecule has 5 rings (SSSR count). The van der Waals surface area contributed by atoms with E-state index < -0.39 is 18.0 Å². The summed E-state index contributed by atoms with van der Waals surface area (Å²) < 4.78 is 5.02. The van der Waals surface area contributed by atoms with Gasteiger partial charge in [-0.1, -0.05) is 60.7 Å². The van der Waals surface area contributed by atoms with Crippen molar-refractivity contribution in [3.8, 4) is 0 Å². The van der Waals surface area contributed by atoms with Gasteiger partial charge in [0, 0.05) is 54.2 Å². The number of amides is 2. The smallest absolute Gasteiger partial charge is 0.328 e. The van der Waals surface area contributed by atoms with Crippen LogP contribution >= 0.6 is 0 Å². The molecule has 0 bridgehead atoms. The summed E-state index contributed by atoms with van der Waals surface area (Å²) in [5, 5.41) is 8.16. The monoisotopic (exact) mass is 545 g/mol. The molecule has 206 valence electrons. The second-order valence-corrected chi connectivity index (χ2v) is 9.66. The van der Waals surface area contributed by atoms with Gasteiger partial charge in [-0.2, -0.15) is 0 Å². The topological polar surface area (TPSA) is 96.5 Å². The summed E-state index contributed by atoms with van der Waals surface area (Å²) in [5.74, 6) is 0.216. The average molecular weight is 546 g/mol. The van der Waals surface area contributed by atoms with Gasteiger partial charge in [0.05, 0.1) is 7.11 Å². The number of hydrogen-bond donors (Lipinski definition) is 2. The Morgan fingerprint density at radius 3 is 2.41 bits per heavy atom. The van der Waals surface area contributed by atoms with Gasteiger partial charge < -0.3 is 15.4 Å². The Balaban J connectivity index is 1.27. The van der Waals surface area contributed by atoms with Gasteiger partial charge in [0.15, 0.2) is 0 Å². The maximum Gasteiger partial charge on any atom is 0.328 e. The number of nitrogens with one attached hydrogen (secondary N) is 2. The highest BCUT2D eigenvalue weighted by Crippen LogP contribution is 2.25. The van der Waals surface area contributed by atoms with Crippen molar-refractivity contribution in [3.05, 3.63) is 126 Å². The van der Waals surface area contributed by atoms with E-state index in [4.69, 9.17) is 4.74 Å². The van der Waals surface area contributed by atoms with Crippen LogP contribution in [0.1, 0.15) is 16.7 Å². The van der Waals surface area contributed by atoms with Crippen LogP contribution in [0.4, 0.5) is 22.0 Å². The molecule has 0 radical (unpaired) electrons. The number of hydrogen-bond acceptors (Lipinski definition) is 6. The zero-order valence-electron chi connectivity index (χ0n) is 23.0. The fourth-order valence-corrected chi connectivity index (χ4v) is 4.71. The molecule has 5 aromatic rings. The van der Waals surface area contributed by atoms with Crippen LogP contribution in [0.2, 0.25) is 0 Å². The Kier molecular flexibility index (Phi) is 8.49. The third-order valence-electron chi connectivity index (χ3n) is 6.90.